The van der Waals surface area contributed by atoms with Gasteiger partial charge in [0.15, 0.2) is 0 Å². The summed E-state index contributed by atoms with van der Waals surface area (Å²) in [6, 6.07) is 4.01. The molecule has 4 heteroatoms. The molecule has 1 atom stereocenters. The van der Waals surface area contributed by atoms with E-state index in [1.807, 2.05) is 12.1 Å². The average molecular weight is 229 g/mol. The molecule has 3 nitrogen and oxygen atoms in total. The van der Waals surface area contributed by atoms with Gasteiger partial charge in [-0.3, -0.25) is 15.0 Å². The molecule has 2 rings (SSSR count). The normalized spacial score (nSPS) is 12.0. The van der Waals surface area contributed by atoms with Gasteiger partial charge in [0, 0.05) is 17.3 Å². The van der Waals surface area contributed by atoms with Gasteiger partial charge in [-0.15, -0.1) is 17.9 Å². The van der Waals surface area contributed by atoms with Crippen LogP contribution in [0.4, 0.5) is 0 Å². The highest BCUT2D eigenvalue weighted by Crippen LogP contribution is 2.31. The second-order valence-corrected chi connectivity index (χ2v) is 4.27. The van der Waals surface area contributed by atoms with Crippen LogP contribution in [0.3, 0.4) is 0 Å². The summed E-state index contributed by atoms with van der Waals surface area (Å²) in [6.07, 6.45) is 6.88. The smallest absolute Gasteiger partial charge is 0.101 e. The molecule has 0 amide bonds. The Morgan fingerprint density at radius 3 is 2.88 bits per heavy atom. The Labute approximate surface area is 98.2 Å². The molecule has 80 valence electrons. The summed E-state index contributed by atoms with van der Waals surface area (Å²) >= 11 is 1.64. The minimum absolute atomic E-state index is 0.0320. The van der Waals surface area contributed by atoms with Crippen LogP contribution >= 0.6 is 11.3 Å². The second kappa shape index (κ2) is 4.81. The molecule has 0 aliphatic heterocycles. The summed E-state index contributed by atoms with van der Waals surface area (Å²) in [5.41, 5.74) is 0.880. The van der Waals surface area contributed by atoms with E-state index < -0.39 is 0 Å². The molecule has 2 aromatic rings. The van der Waals surface area contributed by atoms with Crippen LogP contribution in [-0.4, -0.2) is 16.7 Å². The van der Waals surface area contributed by atoms with E-state index in [1.165, 1.54) is 0 Å². The highest BCUT2D eigenvalue weighted by atomic mass is 32.1. The van der Waals surface area contributed by atoms with Gasteiger partial charge in [-0.1, -0.05) is 6.08 Å². The molecular formula is C12H11N3S. The van der Waals surface area contributed by atoms with Crippen molar-refractivity contribution in [3.8, 4) is 10.6 Å². The molecule has 0 saturated carbocycles. The number of hydrogen-bond donors (Lipinski definition) is 0. The minimum Gasteiger partial charge on any atom is -0.288 e. The monoisotopic (exact) mass is 229 g/mol. The quantitative estimate of drug-likeness (QED) is 0.596. The number of nitrogens with zero attached hydrogens (tertiary/aromatic N) is 3. The highest BCUT2D eigenvalue weighted by Gasteiger charge is 2.09. The zero-order chi connectivity index (χ0) is 11.4. The standard InChI is InChI=1S/C12H11N3S/c1-3-9(13-2)11-4-5-12(16-11)10-8-14-6-7-15-10/h3-9H,1-2H2. The highest BCUT2D eigenvalue weighted by molar-refractivity contribution is 7.15. The van der Waals surface area contributed by atoms with Crippen molar-refractivity contribution in [3.63, 3.8) is 0 Å². The maximum Gasteiger partial charge on any atom is 0.101 e. The van der Waals surface area contributed by atoms with E-state index in [1.54, 1.807) is 36.0 Å². The van der Waals surface area contributed by atoms with Gasteiger partial charge in [-0.05, 0) is 18.9 Å². The lowest BCUT2D eigenvalue weighted by molar-refractivity contribution is 0.952. The Kier molecular flexibility index (Phi) is 3.22. The first kappa shape index (κ1) is 10.7. The number of thiophene rings is 1. The topological polar surface area (TPSA) is 38.1 Å². The minimum atomic E-state index is -0.0320. The number of rotatable bonds is 4. The van der Waals surface area contributed by atoms with Gasteiger partial charge in [0.1, 0.15) is 6.04 Å². The molecule has 0 bridgehead atoms. The van der Waals surface area contributed by atoms with E-state index in [4.69, 9.17) is 0 Å². The second-order valence-electron chi connectivity index (χ2n) is 3.16. The lowest BCUT2D eigenvalue weighted by Crippen LogP contribution is -1.83. The van der Waals surface area contributed by atoms with Crippen molar-refractivity contribution in [1.82, 2.24) is 9.97 Å². The molecule has 0 saturated heterocycles. The van der Waals surface area contributed by atoms with Gasteiger partial charge in [0.2, 0.25) is 0 Å². The number of aliphatic imine (C=N–C) groups is 1. The van der Waals surface area contributed by atoms with Gasteiger partial charge in [0.25, 0.3) is 0 Å². The molecule has 0 N–H and O–H groups in total. The van der Waals surface area contributed by atoms with E-state index in [-0.39, 0.29) is 6.04 Å². The van der Waals surface area contributed by atoms with Crippen molar-refractivity contribution in [1.29, 1.82) is 0 Å². The van der Waals surface area contributed by atoms with E-state index in [9.17, 15) is 0 Å². The van der Waals surface area contributed by atoms with Crippen LogP contribution in [0.2, 0.25) is 0 Å². The third-order valence-electron chi connectivity index (χ3n) is 2.15. The van der Waals surface area contributed by atoms with Crippen molar-refractivity contribution >= 4 is 18.1 Å². The van der Waals surface area contributed by atoms with Crippen molar-refractivity contribution in [3.05, 3.63) is 48.3 Å². The Morgan fingerprint density at radius 2 is 2.25 bits per heavy atom. The van der Waals surface area contributed by atoms with Crippen LogP contribution in [0.25, 0.3) is 10.6 Å². The van der Waals surface area contributed by atoms with E-state index >= 15 is 0 Å². The molecule has 0 spiro atoms. The first-order valence-corrected chi connectivity index (χ1v) is 5.61. The Hall–Kier alpha value is -1.81. The lowest BCUT2D eigenvalue weighted by Gasteiger charge is -2.01. The predicted molar refractivity (Wildman–Crippen MR) is 67.8 cm³/mol. The van der Waals surface area contributed by atoms with E-state index in [2.05, 4.69) is 28.3 Å². The van der Waals surface area contributed by atoms with Crippen molar-refractivity contribution in [2.24, 2.45) is 4.99 Å². The molecule has 2 aromatic heterocycles. The third kappa shape index (κ3) is 2.06. The molecule has 0 aliphatic carbocycles. The van der Waals surface area contributed by atoms with E-state index in [0.717, 1.165) is 15.4 Å². The molecule has 2 heterocycles. The zero-order valence-electron chi connectivity index (χ0n) is 8.71. The fraction of sp³-hybridized carbons (Fsp3) is 0.0833. The summed E-state index contributed by atoms with van der Waals surface area (Å²) in [5.74, 6) is 0. The van der Waals surface area contributed by atoms with E-state index in [0.29, 0.717) is 0 Å². The number of aromatic nitrogens is 2. The first-order chi connectivity index (χ1) is 7.85. The van der Waals surface area contributed by atoms with Crippen LogP contribution < -0.4 is 0 Å². The Bertz CT molecular complexity index is 482. The molecule has 0 fully saturated rings. The number of hydrogen-bond acceptors (Lipinski definition) is 4. The SMILES string of the molecule is C=CC(N=C)c1ccc(-c2cnccn2)s1. The fourth-order valence-corrected chi connectivity index (χ4v) is 2.38. The van der Waals surface area contributed by atoms with Crippen LogP contribution in [-0.2, 0) is 0 Å². The lowest BCUT2D eigenvalue weighted by atomic mass is 10.2. The molecule has 16 heavy (non-hydrogen) atoms. The zero-order valence-corrected chi connectivity index (χ0v) is 9.52. The first-order valence-electron chi connectivity index (χ1n) is 4.79. The Morgan fingerprint density at radius 1 is 1.38 bits per heavy atom. The maximum atomic E-state index is 4.25. The predicted octanol–water partition coefficient (Wildman–Crippen LogP) is 3.13. The van der Waals surface area contributed by atoms with Crippen molar-refractivity contribution < 1.29 is 0 Å². The largest absolute Gasteiger partial charge is 0.288 e. The van der Waals surface area contributed by atoms with Gasteiger partial charge < -0.3 is 0 Å². The molecule has 0 aromatic carbocycles. The van der Waals surface area contributed by atoms with Gasteiger partial charge in [-0.25, -0.2) is 0 Å². The van der Waals surface area contributed by atoms with Crippen LogP contribution in [0.1, 0.15) is 10.9 Å². The summed E-state index contributed by atoms with van der Waals surface area (Å²) in [6.45, 7) is 7.28. The third-order valence-corrected chi connectivity index (χ3v) is 3.33. The van der Waals surface area contributed by atoms with Crippen LogP contribution in [0.5, 0.6) is 0 Å². The maximum absolute atomic E-state index is 4.25. The van der Waals surface area contributed by atoms with Gasteiger partial charge in [0.05, 0.1) is 16.8 Å². The van der Waals surface area contributed by atoms with Crippen molar-refractivity contribution in [2.75, 3.05) is 0 Å². The summed E-state index contributed by atoms with van der Waals surface area (Å²) in [7, 11) is 0. The summed E-state index contributed by atoms with van der Waals surface area (Å²) in [4.78, 5) is 14.5. The average Bonchev–Trinajstić information content (AvgIpc) is 2.81. The summed E-state index contributed by atoms with van der Waals surface area (Å²) < 4.78 is 0. The molecular weight excluding hydrogens is 218 g/mol. The molecule has 0 aliphatic rings. The van der Waals surface area contributed by atoms with Crippen LogP contribution in [0, 0.1) is 0 Å². The fourth-order valence-electron chi connectivity index (χ4n) is 1.36. The molecule has 0 radical (unpaired) electrons. The Balaban J connectivity index is 2.33. The van der Waals surface area contributed by atoms with Crippen LogP contribution in [0.15, 0.2) is 48.4 Å². The van der Waals surface area contributed by atoms with Gasteiger partial charge >= 0.3 is 0 Å². The van der Waals surface area contributed by atoms with Crippen molar-refractivity contribution in [2.45, 2.75) is 6.04 Å². The summed E-state index contributed by atoms with van der Waals surface area (Å²) in [5, 5.41) is 0. The molecule has 1 unspecified atom stereocenters. The van der Waals surface area contributed by atoms with Gasteiger partial charge in [-0.2, -0.15) is 0 Å².